The second kappa shape index (κ2) is 7.82. The number of nitrogens with zero attached hydrogens (tertiary/aromatic N) is 1. The van der Waals surface area contributed by atoms with Gasteiger partial charge in [0, 0.05) is 23.8 Å². The number of rotatable bonds is 3. The number of hydrogen-bond acceptors (Lipinski definition) is 8. The number of carbonyl (C=O) groups excluding carboxylic acids is 4. The Morgan fingerprint density at radius 2 is 2.03 bits per heavy atom. The van der Waals surface area contributed by atoms with Crippen LogP contribution in [0.5, 0.6) is 0 Å². The highest BCUT2D eigenvalue weighted by Gasteiger charge is 2.81. The summed E-state index contributed by atoms with van der Waals surface area (Å²) in [4.78, 5) is 57.4. The molecule has 194 valence electrons. The molecule has 3 heterocycles. The van der Waals surface area contributed by atoms with E-state index in [0.717, 1.165) is 12.3 Å². The minimum absolute atomic E-state index is 0.0522. The summed E-state index contributed by atoms with van der Waals surface area (Å²) in [5.74, 6) is -4.69. The number of pyridine rings is 1. The molecule has 7 atom stereocenters. The van der Waals surface area contributed by atoms with Gasteiger partial charge in [-0.05, 0) is 54.7 Å². The predicted molar refractivity (Wildman–Crippen MR) is 126 cm³/mol. The van der Waals surface area contributed by atoms with Crippen LogP contribution in [0.4, 0.5) is 4.39 Å². The lowest BCUT2D eigenvalue weighted by Gasteiger charge is -2.61. The minimum Gasteiger partial charge on any atom is -0.465 e. The number of cyclic esters (lactones) is 1. The molecule has 5 fully saturated rings. The average Bonchev–Trinajstić information content (AvgIpc) is 3.27. The highest BCUT2D eigenvalue weighted by atomic mass is 19.1. The Labute approximate surface area is 213 Å². The van der Waals surface area contributed by atoms with Crippen molar-refractivity contribution in [3.63, 3.8) is 0 Å². The van der Waals surface area contributed by atoms with Crippen molar-refractivity contribution in [1.82, 2.24) is 4.98 Å². The van der Waals surface area contributed by atoms with Gasteiger partial charge in [-0.15, -0.1) is 0 Å². The zero-order chi connectivity index (χ0) is 26.3. The molecule has 1 aromatic rings. The highest BCUT2D eigenvalue weighted by Crippen LogP contribution is 2.71. The highest BCUT2D eigenvalue weighted by molar-refractivity contribution is 6.16. The molecule has 0 amide bonds. The molecule has 8 nitrogen and oxygen atoms in total. The van der Waals surface area contributed by atoms with Gasteiger partial charge in [-0.1, -0.05) is 20.4 Å². The SMILES string of the molecule is C=C1C(=O)[C@@]23C(=O)O[C@H]4CCC(C)(C)[C@H]5C(=O)OC[C@]45[C@H]2CC[C@@H]1[C@H]3OC(=O)/C=C/c1ccncc1F. The molecular formula is C28H28FNO7. The van der Waals surface area contributed by atoms with E-state index in [2.05, 4.69) is 11.6 Å². The second-order valence-electron chi connectivity index (χ2n) is 11.6. The molecule has 9 heteroatoms. The minimum atomic E-state index is -1.79. The van der Waals surface area contributed by atoms with Crippen LogP contribution in [0.15, 0.2) is 36.7 Å². The van der Waals surface area contributed by atoms with Crippen LogP contribution in [-0.4, -0.2) is 47.5 Å². The summed E-state index contributed by atoms with van der Waals surface area (Å²) in [5.41, 5.74) is -2.73. The third-order valence-corrected chi connectivity index (χ3v) is 9.60. The van der Waals surface area contributed by atoms with Crippen LogP contribution in [0.1, 0.15) is 45.1 Å². The Hall–Kier alpha value is -3.36. The van der Waals surface area contributed by atoms with Crippen LogP contribution < -0.4 is 0 Å². The number of carbonyl (C=O) groups is 4. The largest absolute Gasteiger partial charge is 0.465 e. The number of esters is 3. The molecule has 2 spiro atoms. The van der Waals surface area contributed by atoms with Crippen molar-refractivity contribution in [1.29, 1.82) is 0 Å². The fourth-order valence-electron chi connectivity index (χ4n) is 8.13. The number of aromatic nitrogens is 1. The molecular weight excluding hydrogens is 481 g/mol. The summed E-state index contributed by atoms with van der Waals surface area (Å²) in [6.45, 7) is 8.04. The van der Waals surface area contributed by atoms with Crippen molar-refractivity contribution in [2.45, 2.75) is 51.7 Å². The van der Waals surface area contributed by atoms with E-state index in [4.69, 9.17) is 14.2 Å². The van der Waals surface area contributed by atoms with Crippen molar-refractivity contribution in [2.24, 2.45) is 34.0 Å². The fraction of sp³-hybridized carbons (Fsp3) is 0.536. The topological polar surface area (TPSA) is 109 Å². The van der Waals surface area contributed by atoms with Gasteiger partial charge in [0.2, 0.25) is 0 Å². The Morgan fingerprint density at radius 3 is 2.78 bits per heavy atom. The van der Waals surface area contributed by atoms with Gasteiger partial charge in [-0.25, -0.2) is 9.18 Å². The summed E-state index contributed by atoms with van der Waals surface area (Å²) < 4.78 is 31.4. The first-order valence-electron chi connectivity index (χ1n) is 12.6. The monoisotopic (exact) mass is 509 g/mol. The molecule has 0 N–H and O–H groups in total. The van der Waals surface area contributed by atoms with Gasteiger partial charge in [-0.2, -0.15) is 0 Å². The van der Waals surface area contributed by atoms with E-state index in [1.165, 1.54) is 18.3 Å². The number of ketones is 1. The Morgan fingerprint density at radius 1 is 1.24 bits per heavy atom. The van der Waals surface area contributed by atoms with Gasteiger partial charge in [-0.3, -0.25) is 19.4 Å². The van der Waals surface area contributed by atoms with Crippen molar-refractivity contribution in [3.8, 4) is 0 Å². The van der Waals surface area contributed by atoms with Gasteiger partial charge in [0.15, 0.2) is 11.2 Å². The zero-order valence-corrected chi connectivity index (χ0v) is 20.7. The molecule has 2 saturated heterocycles. The molecule has 0 aromatic carbocycles. The summed E-state index contributed by atoms with van der Waals surface area (Å²) in [5, 5.41) is 0. The lowest BCUT2D eigenvalue weighted by molar-refractivity contribution is -0.246. The van der Waals surface area contributed by atoms with Crippen LogP contribution in [0.25, 0.3) is 6.08 Å². The van der Waals surface area contributed by atoms with Gasteiger partial charge < -0.3 is 14.2 Å². The Balaban J connectivity index is 1.42. The van der Waals surface area contributed by atoms with Crippen LogP contribution >= 0.6 is 0 Å². The van der Waals surface area contributed by atoms with Gasteiger partial charge in [0.25, 0.3) is 0 Å². The smallest absolute Gasteiger partial charge is 0.331 e. The maximum atomic E-state index is 14.0. The van der Waals surface area contributed by atoms with E-state index >= 15 is 0 Å². The molecule has 37 heavy (non-hydrogen) atoms. The van der Waals surface area contributed by atoms with E-state index in [-0.39, 0.29) is 23.7 Å². The van der Waals surface area contributed by atoms with E-state index in [0.29, 0.717) is 25.7 Å². The molecule has 5 aliphatic rings. The predicted octanol–water partition coefficient (Wildman–Crippen LogP) is 3.20. The summed E-state index contributed by atoms with van der Waals surface area (Å²) in [6, 6.07) is 1.41. The summed E-state index contributed by atoms with van der Waals surface area (Å²) in [7, 11) is 0. The van der Waals surface area contributed by atoms with Gasteiger partial charge in [0.1, 0.15) is 24.6 Å². The normalized spacial score (nSPS) is 39.5. The molecule has 3 saturated carbocycles. The van der Waals surface area contributed by atoms with Gasteiger partial charge in [0.05, 0.1) is 17.5 Å². The number of halogens is 1. The molecule has 6 rings (SSSR count). The number of fused-ring (bicyclic) bond motifs is 1. The summed E-state index contributed by atoms with van der Waals surface area (Å²) >= 11 is 0. The number of Topliss-reactive ketones (excluding diaryl/α,β-unsaturated/α-hetero) is 1. The van der Waals surface area contributed by atoms with Crippen LogP contribution in [0.2, 0.25) is 0 Å². The number of ether oxygens (including phenoxy) is 3. The van der Waals surface area contributed by atoms with Crippen LogP contribution in [0.3, 0.4) is 0 Å². The average molecular weight is 510 g/mol. The van der Waals surface area contributed by atoms with Crippen molar-refractivity contribution in [3.05, 3.63) is 48.1 Å². The lowest BCUT2D eigenvalue weighted by Crippen LogP contribution is -2.71. The fourth-order valence-corrected chi connectivity index (χ4v) is 8.13. The van der Waals surface area contributed by atoms with E-state index < -0.39 is 69.7 Å². The second-order valence-corrected chi connectivity index (χ2v) is 11.6. The lowest BCUT2D eigenvalue weighted by atomic mass is 9.43. The maximum absolute atomic E-state index is 14.0. The molecule has 0 unspecified atom stereocenters. The van der Waals surface area contributed by atoms with E-state index in [1.54, 1.807) is 0 Å². The Bertz CT molecular complexity index is 1290. The third kappa shape index (κ3) is 2.97. The molecule has 3 aliphatic carbocycles. The third-order valence-electron chi connectivity index (χ3n) is 9.60. The first kappa shape index (κ1) is 24.0. The van der Waals surface area contributed by atoms with E-state index in [9.17, 15) is 23.6 Å². The summed E-state index contributed by atoms with van der Waals surface area (Å²) in [6.07, 6.45) is 5.23. The van der Waals surface area contributed by atoms with Crippen LogP contribution in [0, 0.1) is 39.8 Å². The molecule has 2 bridgehead atoms. The standard InChI is InChI=1S/C28H28FNO7/c1-14-16-5-6-18-27-13-35-24(33)21(27)26(2,3)10-8-19(27)36-25(34)28(18,22(14)32)23(16)37-20(31)7-4-15-9-11-30-12-17(15)29/h4,7,9,11-12,16,18-19,21,23H,1,5-6,8,10,13H2,2-3H3/b7-4+/t16-,18+,19-,21+,23+,27-,28-/m0/s1. The van der Waals surface area contributed by atoms with Crippen molar-refractivity contribution < 1.29 is 37.8 Å². The first-order valence-corrected chi connectivity index (χ1v) is 12.6. The molecule has 2 aliphatic heterocycles. The number of hydrogen-bond donors (Lipinski definition) is 0. The molecule has 0 radical (unpaired) electrons. The van der Waals surface area contributed by atoms with Crippen molar-refractivity contribution >= 4 is 29.8 Å². The first-order chi connectivity index (χ1) is 17.5. The quantitative estimate of drug-likeness (QED) is 0.265. The van der Waals surface area contributed by atoms with Crippen LogP contribution in [-0.2, 0) is 33.4 Å². The maximum Gasteiger partial charge on any atom is 0.331 e. The zero-order valence-electron chi connectivity index (χ0n) is 20.7. The Kier molecular flexibility index (Phi) is 5.07. The van der Waals surface area contributed by atoms with Crippen molar-refractivity contribution in [2.75, 3.05) is 6.61 Å². The molecule has 1 aromatic heterocycles. The van der Waals surface area contributed by atoms with Gasteiger partial charge >= 0.3 is 17.9 Å². The van der Waals surface area contributed by atoms with E-state index in [1.807, 2.05) is 13.8 Å².